The summed E-state index contributed by atoms with van der Waals surface area (Å²) in [5, 5.41) is 0. The highest BCUT2D eigenvalue weighted by Gasteiger charge is 2.26. The number of halogens is 1. The normalized spacial score (nSPS) is 15.9. The molecule has 0 aliphatic carbocycles. The Morgan fingerprint density at radius 2 is 1.73 bits per heavy atom. The van der Waals surface area contributed by atoms with E-state index in [0.717, 1.165) is 11.3 Å². The molecule has 7 nitrogen and oxygen atoms in total. The standard InChI is InChI=1S/C17H26FN3O4S/c1-17(2,3)25-16(22)21-6-4-20(5-7-21)15-9-13(11-19)8-14(10-15)12-26(18,23)24/h8-10H,4-7,11-12,19H2,1-3H3. The van der Waals surface area contributed by atoms with Crippen molar-refractivity contribution in [2.75, 3.05) is 31.1 Å². The molecule has 1 aliphatic heterocycles. The number of hydrogen-bond acceptors (Lipinski definition) is 6. The van der Waals surface area contributed by atoms with Crippen molar-refractivity contribution in [1.29, 1.82) is 0 Å². The summed E-state index contributed by atoms with van der Waals surface area (Å²) in [4.78, 5) is 15.8. The van der Waals surface area contributed by atoms with Crippen molar-refractivity contribution in [3.05, 3.63) is 29.3 Å². The molecule has 9 heteroatoms. The van der Waals surface area contributed by atoms with Gasteiger partial charge in [-0.2, -0.15) is 8.42 Å². The maximum absolute atomic E-state index is 13.0. The van der Waals surface area contributed by atoms with Gasteiger partial charge in [-0.1, -0.05) is 6.07 Å². The Morgan fingerprint density at radius 3 is 2.23 bits per heavy atom. The van der Waals surface area contributed by atoms with E-state index in [-0.39, 0.29) is 12.6 Å². The van der Waals surface area contributed by atoms with Crippen LogP contribution in [0.3, 0.4) is 0 Å². The van der Waals surface area contributed by atoms with Crippen LogP contribution in [0.5, 0.6) is 0 Å². The van der Waals surface area contributed by atoms with Gasteiger partial charge in [0.05, 0.1) is 0 Å². The summed E-state index contributed by atoms with van der Waals surface area (Å²) in [7, 11) is -4.62. The molecule has 1 saturated heterocycles. The minimum Gasteiger partial charge on any atom is -0.444 e. The number of benzene rings is 1. The van der Waals surface area contributed by atoms with E-state index in [2.05, 4.69) is 0 Å². The third-order valence-corrected chi connectivity index (χ3v) is 4.59. The number of amides is 1. The van der Waals surface area contributed by atoms with Crippen molar-refractivity contribution in [1.82, 2.24) is 4.90 Å². The second-order valence-corrected chi connectivity index (χ2v) is 8.72. The van der Waals surface area contributed by atoms with Gasteiger partial charge in [0.15, 0.2) is 0 Å². The molecule has 26 heavy (non-hydrogen) atoms. The Kier molecular flexibility index (Phi) is 6.13. The molecule has 1 aromatic rings. The van der Waals surface area contributed by atoms with Crippen LogP contribution >= 0.6 is 0 Å². The highest BCUT2D eigenvalue weighted by molar-refractivity contribution is 7.85. The first kappa shape index (κ1) is 20.4. The Balaban J connectivity index is 2.09. The number of nitrogens with two attached hydrogens (primary N) is 1. The lowest BCUT2D eigenvalue weighted by Crippen LogP contribution is -2.50. The van der Waals surface area contributed by atoms with Crippen molar-refractivity contribution >= 4 is 22.0 Å². The molecule has 1 aromatic carbocycles. The van der Waals surface area contributed by atoms with E-state index in [4.69, 9.17) is 10.5 Å². The fourth-order valence-electron chi connectivity index (χ4n) is 2.80. The molecule has 2 rings (SSSR count). The van der Waals surface area contributed by atoms with E-state index < -0.39 is 21.6 Å². The third kappa shape index (κ3) is 6.14. The van der Waals surface area contributed by atoms with Crippen LogP contribution in [0.2, 0.25) is 0 Å². The summed E-state index contributed by atoms with van der Waals surface area (Å²) in [6, 6.07) is 5.11. The SMILES string of the molecule is CC(C)(C)OC(=O)N1CCN(c2cc(CN)cc(CS(=O)(=O)F)c2)CC1. The van der Waals surface area contributed by atoms with Crippen LogP contribution in [-0.4, -0.2) is 51.2 Å². The molecule has 0 spiro atoms. The summed E-state index contributed by atoms with van der Waals surface area (Å²) < 4.78 is 40.3. The van der Waals surface area contributed by atoms with E-state index in [1.165, 1.54) is 0 Å². The highest BCUT2D eigenvalue weighted by Crippen LogP contribution is 2.23. The van der Waals surface area contributed by atoms with Crippen LogP contribution in [0.25, 0.3) is 0 Å². The minimum atomic E-state index is -4.62. The average Bonchev–Trinajstić information content (AvgIpc) is 2.51. The fourth-order valence-corrected chi connectivity index (χ4v) is 3.36. The molecule has 1 amide bonds. The van der Waals surface area contributed by atoms with E-state index in [9.17, 15) is 17.1 Å². The summed E-state index contributed by atoms with van der Waals surface area (Å²) in [5.74, 6) is -0.675. The minimum absolute atomic E-state index is 0.227. The number of anilines is 1. The number of nitrogens with zero attached hydrogens (tertiary/aromatic N) is 2. The number of hydrogen-bond donors (Lipinski definition) is 1. The topological polar surface area (TPSA) is 92.9 Å². The molecular weight excluding hydrogens is 361 g/mol. The van der Waals surface area contributed by atoms with Crippen molar-refractivity contribution in [2.45, 2.75) is 38.7 Å². The Labute approximate surface area is 154 Å². The molecule has 0 unspecified atom stereocenters. The molecule has 1 fully saturated rings. The zero-order valence-electron chi connectivity index (χ0n) is 15.4. The van der Waals surface area contributed by atoms with Crippen LogP contribution in [0, 0.1) is 0 Å². The molecule has 0 aromatic heterocycles. The number of carbonyl (C=O) groups is 1. The first-order valence-electron chi connectivity index (χ1n) is 8.45. The van der Waals surface area contributed by atoms with Crippen LogP contribution in [0.1, 0.15) is 31.9 Å². The van der Waals surface area contributed by atoms with Gasteiger partial charge >= 0.3 is 16.3 Å². The molecule has 2 N–H and O–H groups in total. The van der Waals surface area contributed by atoms with Crippen molar-refractivity contribution in [2.24, 2.45) is 5.73 Å². The molecular formula is C17H26FN3O4S. The average molecular weight is 387 g/mol. The first-order valence-corrected chi connectivity index (χ1v) is 10.0. The molecule has 0 radical (unpaired) electrons. The van der Waals surface area contributed by atoms with Crippen molar-refractivity contribution in [3.8, 4) is 0 Å². The summed E-state index contributed by atoms with van der Waals surface area (Å²) in [6.07, 6.45) is -0.350. The largest absolute Gasteiger partial charge is 0.444 e. The maximum atomic E-state index is 13.0. The Morgan fingerprint density at radius 1 is 1.15 bits per heavy atom. The fraction of sp³-hybridized carbons (Fsp3) is 0.588. The van der Waals surface area contributed by atoms with Crippen LogP contribution in [0.4, 0.5) is 14.4 Å². The van der Waals surface area contributed by atoms with Gasteiger partial charge in [-0.15, -0.1) is 3.89 Å². The molecule has 0 saturated carbocycles. The van der Waals surface area contributed by atoms with Gasteiger partial charge in [-0.25, -0.2) is 4.79 Å². The van der Waals surface area contributed by atoms with Crippen LogP contribution in [-0.2, 0) is 27.3 Å². The van der Waals surface area contributed by atoms with Crippen LogP contribution in [0.15, 0.2) is 18.2 Å². The third-order valence-electron chi connectivity index (χ3n) is 3.91. The molecule has 1 aliphatic rings. The zero-order chi connectivity index (χ0) is 19.5. The van der Waals surface area contributed by atoms with Crippen LogP contribution < -0.4 is 10.6 Å². The van der Waals surface area contributed by atoms with E-state index in [0.29, 0.717) is 31.7 Å². The highest BCUT2D eigenvalue weighted by atomic mass is 32.3. The predicted molar refractivity (Wildman–Crippen MR) is 98.1 cm³/mol. The lowest BCUT2D eigenvalue weighted by atomic mass is 10.1. The number of carbonyl (C=O) groups excluding carboxylic acids is 1. The second-order valence-electron chi connectivity index (χ2n) is 7.35. The van der Waals surface area contributed by atoms with E-state index in [1.54, 1.807) is 17.0 Å². The van der Waals surface area contributed by atoms with E-state index in [1.807, 2.05) is 31.7 Å². The summed E-state index contributed by atoms with van der Waals surface area (Å²) in [5.41, 5.74) is 6.99. The second kappa shape index (κ2) is 7.79. The smallest absolute Gasteiger partial charge is 0.410 e. The quantitative estimate of drug-likeness (QED) is 0.795. The summed E-state index contributed by atoms with van der Waals surface area (Å²) >= 11 is 0. The van der Waals surface area contributed by atoms with Crippen molar-refractivity contribution < 1.29 is 21.8 Å². The van der Waals surface area contributed by atoms with E-state index >= 15 is 0 Å². The maximum Gasteiger partial charge on any atom is 0.410 e. The number of rotatable bonds is 4. The number of piperazine rings is 1. The molecule has 146 valence electrons. The number of ether oxygens (including phenoxy) is 1. The molecule has 0 bridgehead atoms. The molecule has 0 atom stereocenters. The van der Waals surface area contributed by atoms with Gasteiger partial charge in [0.25, 0.3) is 0 Å². The van der Waals surface area contributed by atoms with Gasteiger partial charge in [0.2, 0.25) is 0 Å². The lowest BCUT2D eigenvalue weighted by Gasteiger charge is -2.37. The zero-order valence-corrected chi connectivity index (χ0v) is 16.2. The lowest BCUT2D eigenvalue weighted by molar-refractivity contribution is 0.0240. The Hall–Kier alpha value is -1.87. The summed E-state index contributed by atoms with van der Waals surface area (Å²) in [6.45, 7) is 7.78. The Bertz CT molecular complexity index is 754. The van der Waals surface area contributed by atoms with Gasteiger partial charge in [-0.3, -0.25) is 0 Å². The van der Waals surface area contributed by atoms with Gasteiger partial charge < -0.3 is 20.3 Å². The first-order chi connectivity index (χ1) is 12.0. The van der Waals surface area contributed by atoms with Gasteiger partial charge in [0, 0.05) is 38.4 Å². The molecule has 1 heterocycles. The van der Waals surface area contributed by atoms with Gasteiger partial charge in [0.1, 0.15) is 11.4 Å². The van der Waals surface area contributed by atoms with Gasteiger partial charge in [-0.05, 0) is 44.0 Å². The monoisotopic (exact) mass is 387 g/mol. The van der Waals surface area contributed by atoms with Crippen molar-refractivity contribution in [3.63, 3.8) is 0 Å². The predicted octanol–water partition coefficient (Wildman–Crippen LogP) is 2.00.